The van der Waals surface area contributed by atoms with E-state index >= 15 is 0 Å². The fraction of sp³-hybridized carbons (Fsp3) is 0.292. The molecule has 0 saturated heterocycles. The Morgan fingerprint density at radius 3 is 2.50 bits per heavy atom. The van der Waals surface area contributed by atoms with Gasteiger partial charge in [0.15, 0.2) is 0 Å². The number of imidazole rings is 1. The zero-order valence-corrected chi connectivity index (χ0v) is 19.4. The fourth-order valence-corrected chi connectivity index (χ4v) is 4.10. The topological polar surface area (TPSA) is 115 Å². The van der Waals surface area contributed by atoms with Gasteiger partial charge >= 0.3 is 12.0 Å². The van der Waals surface area contributed by atoms with Gasteiger partial charge in [0.2, 0.25) is 0 Å². The van der Waals surface area contributed by atoms with E-state index in [0.29, 0.717) is 35.9 Å². The van der Waals surface area contributed by atoms with E-state index in [-0.39, 0.29) is 11.6 Å². The highest BCUT2D eigenvalue weighted by Gasteiger charge is 2.36. The second kappa shape index (κ2) is 9.74. The number of H-pyrrole nitrogens is 1. The highest BCUT2D eigenvalue weighted by atomic mass is 16.5. The number of carbonyl (C=O) groups excluding carboxylic acids is 2. The Morgan fingerprint density at radius 2 is 1.79 bits per heavy atom. The van der Waals surface area contributed by atoms with E-state index in [2.05, 4.69) is 15.3 Å². The normalized spacial score (nSPS) is 14.7. The molecule has 2 N–H and O–H groups in total. The Bertz CT molecular complexity index is 1210. The molecule has 10 nitrogen and oxygen atoms in total. The average Bonchev–Trinajstić information content (AvgIpc) is 3.36. The van der Waals surface area contributed by atoms with Crippen LogP contribution in [0.2, 0.25) is 0 Å². The molecule has 1 aliphatic rings. The van der Waals surface area contributed by atoms with Crippen molar-refractivity contribution in [2.24, 2.45) is 0 Å². The molecule has 4 rings (SSSR count). The summed E-state index contributed by atoms with van der Waals surface area (Å²) < 4.78 is 21.2. The maximum Gasteiger partial charge on any atom is 0.337 e. The Morgan fingerprint density at radius 1 is 1.03 bits per heavy atom. The van der Waals surface area contributed by atoms with Gasteiger partial charge in [0.1, 0.15) is 23.3 Å². The van der Waals surface area contributed by atoms with Gasteiger partial charge in [0.05, 0.1) is 51.7 Å². The van der Waals surface area contributed by atoms with Crippen LogP contribution in [0.5, 0.6) is 17.2 Å². The van der Waals surface area contributed by atoms with E-state index in [1.165, 1.54) is 20.3 Å². The van der Waals surface area contributed by atoms with E-state index < -0.39 is 12.0 Å². The first-order chi connectivity index (χ1) is 16.5. The summed E-state index contributed by atoms with van der Waals surface area (Å²) >= 11 is 0. The molecule has 0 spiro atoms. The number of carbonyl (C=O) groups is 2. The Balaban J connectivity index is 1.74. The van der Waals surface area contributed by atoms with E-state index in [9.17, 15) is 9.59 Å². The highest BCUT2D eigenvalue weighted by molar-refractivity contribution is 5.96. The molecule has 1 atom stereocenters. The van der Waals surface area contributed by atoms with Crippen LogP contribution in [0.1, 0.15) is 33.4 Å². The van der Waals surface area contributed by atoms with Crippen LogP contribution >= 0.6 is 0 Å². The summed E-state index contributed by atoms with van der Waals surface area (Å²) in [7, 11) is 5.94. The molecule has 0 bridgehead atoms. The molecule has 0 fully saturated rings. The van der Waals surface area contributed by atoms with E-state index in [1.54, 1.807) is 49.7 Å². The lowest BCUT2D eigenvalue weighted by Crippen LogP contribution is -2.43. The van der Waals surface area contributed by atoms with E-state index in [1.807, 2.05) is 6.07 Å². The van der Waals surface area contributed by atoms with Crippen LogP contribution in [0.25, 0.3) is 0 Å². The SMILES string of the molecule is COC(=O)c1ccc(OC)c(NC(=O)N2CCc3[nH]cnc3[C@H]2c2cc(OC)ccc2OC)c1. The molecule has 1 aliphatic heterocycles. The number of hydrogen-bond acceptors (Lipinski definition) is 7. The van der Waals surface area contributed by atoms with Crippen LogP contribution in [-0.4, -0.2) is 61.9 Å². The molecule has 0 saturated carbocycles. The van der Waals surface area contributed by atoms with Crippen molar-refractivity contribution in [1.29, 1.82) is 0 Å². The number of rotatable bonds is 6. The molecule has 0 radical (unpaired) electrons. The lowest BCUT2D eigenvalue weighted by Gasteiger charge is -2.36. The van der Waals surface area contributed by atoms with Crippen molar-refractivity contribution in [1.82, 2.24) is 14.9 Å². The monoisotopic (exact) mass is 466 g/mol. The summed E-state index contributed by atoms with van der Waals surface area (Å²) in [6.45, 7) is 0.422. The number of benzene rings is 2. The third-order valence-corrected chi connectivity index (χ3v) is 5.78. The smallest absolute Gasteiger partial charge is 0.337 e. The fourth-order valence-electron chi connectivity index (χ4n) is 4.10. The van der Waals surface area contributed by atoms with Crippen molar-refractivity contribution in [3.05, 3.63) is 65.2 Å². The summed E-state index contributed by atoms with van der Waals surface area (Å²) in [5.74, 6) is 1.13. The molecule has 2 heterocycles. The van der Waals surface area contributed by atoms with E-state index in [4.69, 9.17) is 18.9 Å². The zero-order chi connectivity index (χ0) is 24.2. The first kappa shape index (κ1) is 23.0. The zero-order valence-electron chi connectivity index (χ0n) is 19.4. The lowest BCUT2D eigenvalue weighted by molar-refractivity contribution is 0.0600. The molecule has 2 amide bonds. The molecular weight excluding hydrogens is 440 g/mol. The second-order valence-electron chi connectivity index (χ2n) is 7.56. The molecule has 0 unspecified atom stereocenters. The molecule has 0 aliphatic carbocycles. The van der Waals surface area contributed by atoms with Crippen LogP contribution in [-0.2, 0) is 11.2 Å². The highest BCUT2D eigenvalue weighted by Crippen LogP contribution is 2.40. The summed E-state index contributed by atoms with van der Waals surface area (Å²) in [5, 5.41) is 2.88. The second-order valence-corrected chi connectivity index (χ2v) is 7.56. The Kier molecular flexibility index (Phi) is 6.58. The van der Waals surface area contributed by atoms with Gasteiger partial charge in [-0.3, -0.25) is 0 Å². The minimum Gasteiger partial charge on any atom is -0.497 e. The number of esters is 1. The third kappa shape index (κ3) is 4.21. The molecule has 10 heteroatoms. The molecular formula is C24H26N4O6. The quantitative estimate of drug-likeness (QED) is 0.535. The van der Waals surface area contributed by atoms with Crippen molar-refractivity contribution in [2.75, 3.05) is 40.3 Å². The molecule has 2 aromatic carbocycles. The van der Waals surface area contributed by atoms with Crippen LogP contribution < -0.4 is 19.5 Å². The maximum absolute atomic E-state index is 13.6. The third-order valence-electron chi connectivity index (χ3n) is 5.78. The number of nitrogens with one attached hydrogen (secondary N) is 2. The first-order valence-corrected chi connectivity index (χ1v) is 10.6. The largest absolute Gasteiger partial charge is 0.497 e. The van der Waals surface area contributed by atoms with E-state index in [0.717, 1.165) is 17.0 Å². The number of methoxy groups -OCH3 is 4. The van der Waals surface area contributed by atoms with Crippen molar-refractivity contribution in [3.63, 3.8) is 0 Å². The van der Waals surface area contributed by atoms with Crippen LogP contribution in [0.4, 0.5) is 10.5 Å². The number of fused-ring (bicyclic) bond motifs is 1. The minimum atomic E-state index is -0.533. The molecule has 3 aromatic rings. The summed E-state index contributed by atoms with van der Waals surface area (Å²) in [6.07, 6.45) is 2.22. The Hall–Kier alpha value is -4.21. The van der Waals surface area contributed by atoms with Gasteiger partial charge in [-0.25, -0.2) is 14.6 Å². The van der Waals surface area contributed by atoms with Gasteiger partial charge in [-0.15, -0.1) is 0 Å². The number of amides is 2. The van der Waals surface area contributed by atoms with Gasteiger partial charge in [0.25, 0.3) is 0 Å². The van der Waals surface area contributed by atoms with Crippen molar-refractivity contribution >= 4 is 17.7 Å². The summed E-state index contributed by atoms with van der Waals surface area (Å²) in [5.41, 5.74) is 3.05. The predicted octanol–water partition coefficient (Wildman–Crippen LogP) is 3.40. The summed E-state index contributed by atoms with van der Waals surface area (Å²) in [4.78, 5) is 34.9. The predicted molar refractivity (Wildman–Crippen MR) is 124 cm³/mol. The minimum absolute atomic E-state index is 0.290. The molecule has 178 valence electrons. The van der Waals surface area contributed by atoms with Gasteiger partial charge in [-0.05, 0) is 36.4 Å². The van der Waals surface area contributed by atoms with Gasteiger partial charge < -0.3 is 34.1 Å². The molecule has 34 heavy (non-hydrogen) atoms. The standard InChI is InChI=1S/C24H26N4O6/c1-31-15-6-8-19(32-2)16(12-15)22-21-17(25-13-26-21)9-10-28(22)24(30)27-18-11-14(23(29)34-4)5-7-20(18)33-3/h5-8,11-13,22H,9-10H2,1-4H3,(H,25,26)(H,27,30)/t22-/m1/s1. The number of anilines is 1. The Labute approximate surface area is 196 Å². The average molecular weight is 466 g/mol. The van der Waals surface area contributed by atoms with Crippen LogP contribution in [0.15, 0.2) is 42.7 Å². The first-order valence-electron chi connectivity index (χ1n) is 10.6. The number of ether oxygens (including phenoxy) is 4. The lowest BCUT2D eigenvalue weighted by atomic mass is 9.95. The van der Waals surface area contributed by atoms with Crippen LogP contribution in [0, 0.1) is 0 Å². The number of aromatic nitrogens is 2. The van der Waals surface area contributed by atoms with Gasteiger partial charge in [-0.2, -0.15) is 0 Å². The van der Waals surface area contributed by atoms with Crippen molar-refractivity contribution in [2.45, 2.75) is 12.5 Å². The number of aromatic amines is 1. The number of nitrogens with zero attached hydrogens (tertiary/aromatic N) is 2. The maximum atomic E-state index is 13.6. The molecule has 1 aromatic heterocycles. The summed E-state index contributed by atoms with van der Waals surface area (Å²) in [6, 6.07) is 9.21. The van der Waals surface area contributed by atoms with Crippen molar-refractivity contribution in [3.8, 4) is 17.2 Å². The van der Waals surface area contributed by atoms with Gasteiger partial charge in [-0.1, -0.05) is 0 Å². The van der Waals surface area contributed by atoms with Crippen LogP contribution in [0.3, 0.4) is 0 Å². The number of hydrogen-bond donors (Lipinski definition) is 2. The number of urea groups is 1. The van der Waals surface area contributed by atoms with Crippen molar-refractivity contribution < 1.29 is 28.5 Å². The van der Waals surface area contributed by atoms with Gasteiger partial charge in [0, 0.05) is 24.2 Å².